The van der Waals surface area contributed by atoms with Crippen molar-refractivity contribution in [2.75, 3.05) is 20.1 Å². The SMILES string of the molecule is CN=C(NCCc1csc(C)n1)NCCc1csc(C(C)C)n1. The molecular formula is C16H25N5S2. The molecule has 0 radical (unpaired) electrons. The van der Waals surface area contributed by atoms with E-state index in [0.717, 1.165) is 48.3 Å². The summed E-state index contributed by atoms with van der Waals surface area (Å²) in [5.74, 6) is 1.33. The summed E-state index contributed by atoms with van der Waals surface area (Å²) >= 11 is 3.44. The lowest BCUT2D eigenvalue weighted by Crippen LogP contribution is -2.39. The van der Waals surface area contributed by atoms with Gasteiger partial charge in [0.1, 0.15) is 0 Å². The van der Waals surface area contributed by atoms with Crippen LogP contribution in [0.4, 0.5) is 0 Å². The summed E-state index contributed by atoms with van der Waals surface area (Å²) in [7, 11) is 1.79. The third kappa shape index (κ3) is 5.91. The normalized spacial score (nSPS) is 12.0. The Labute approximate surface area is 146 Å². The van der Waals surface area contributed by atoms with Gasteiger partial charge >= 0.3 is 0 Å². The van der Waals surface area contributed by atoms with Crippen molar-refractivity contribution in [2.45, 2.75) is 39.5 Å². The molecule has 0 fully saturated rings. The number of thiazole rings is 2. The molecule has 0 bridgehead atoms. The molecule has 0 aromatic carbocycles. The highest BCUT2D eigenvalue weighted by molar-refractivity contribution is 7.09. The van der Waals surface area contributed by atoms with Crippen LogP contribution < -0.4 is 10.6 Å². The van der Waals surface area contributed by atoms with Gasteiger partial charge in [0, 0.05) is 49.7 Å². The number of aliphatic imine (C=N–C) groups is 1. The van der Waals surface area contributed by atoms with Gasteiger partial charge in [-0.2, -0.15) is 0 Å². The van der Waals surface area contributed by atoms with Gasteiger partial charge in [-0.25, -0.2) is 9.97 Å². The van der Waals surface area contributed by atoms with E-state index in [-0.39, 0.29) is 0 Å². The average Bonchev–Trinajstić information content (AvgIpc) is 3.15. The molecule has 0 aliphatic heterocycles. The Bertz CT molecular complexity index is 630. The van der Waals surface area contributed by atoms with E-state index in [1.54, 1.807) is 29.7 Å². The van der Waals surface area contributed by atoms with E-state index < -0.39 is 0 Å². The maximum absolute atomic E-state index is 4.65. The third-order valence-electron chi connectivity index (χ3n) is 3.30. The lowest BCUT2D eigenvalue weighted by atomic mass is 10.2. The number of aromatic nitrogens is 2. The van der Waals surface area contributed by atoms with Crippen LogP contribution in [0.5, 0.6) is 0 Å². The Morgan fingerprint density at radius 1 is 1.09 bits per heavy atom. The first-order valence-corrected chi connectivity index (χ1v) is 9.64. The van der Waals surface area contributed by atoms with E-state index in [0.29, 0.717) is 5.92 Å². The van der Waals surface area contributed by atoms with Crippen LogP contribution in [0.1, 0.15) is 41.2 Å². The average molecular weight is 352 g/mol. The fourth-order valence-electron chi connectivity index (χ4n) is 2.06. The molecule has 0 amide bonds. The maximum atomic E-state index is 4.65. The molecule has 2 aromatic rings. The number of rotatable bonds is 7. The Hall–Kier alpha value is -1.47. The van der Waals surface area contributed by atoms with Crippen LogP contribution in [-0.4, -0.2) is 36.1 Å². The maximum Gasteiger partial charge on any atom is 0.191 e. The second kappa shape index (κ2) is 8.98. The number of hydrogen-bond donors (Lipinski definition) is 2. The summed E-state index contributed by atoms with van der Waals surface area (Å²) in [5.41, 5.74) is 2.29. The number of nitrogens with one attached hydrogen (secondary N) is 2. The second-order valence-corrected chi connectivity index (χ2v) is 7.57. The zero-order valence-corrected chi connectivity index (χ0v) is 15.9. The summed E-state index contributed by atoms with van der Waals surface area (Å²) in [6, 6.07) is 0. The zero-order chi connectivity index (χ0) is 16.7. The van der Waals surface area contributed by atoms with E-state index in [1.807, 2.05) is 6.92 Å². The first kappa shape index (κ1) is 17.9. The molecule has 0 unspecified atom stereocenters. The van der Waals surface area contributed by atoms with Crippen molar-refractivity contribution >= 4 is 28.6 Å². The highest BCUT2D eigenvalue weighted by Crippen LogP contribution is 2.19. The summed E-state index contributed by atoms with van der Waals surface area (Å²) < 4.78 is 0. The predicted octanol–water partition coefficient (Wildman–Crippen LogP) is 2.98. The number of hydrogen-bond acceptors (Lipinski definition) is 5. The van der Waals surface area contributed by atoms with E-state index in [9.17, 15) is 0 Å². The van der Waals surface area contributed by atoms with Crippen molar-refractivity contribution in [1.29, 1.82) is 0 Å². The Morgan fingerprint density at radius 3 is 2.17 bits per heavy atom. The summed E-state index contributed by atoms with van der Waals surface area (Å²) in [5, 5.41) is 13.2. The Kier molecular flexibility index (Phi) is 6.98. The lowest BCUT2D eigenvalue weighted by molar-refractivity contribution is 0.766. The summed E-state index contributed by atoms with van der Waals surface area (Å²) in [6.07, 6.45) is 1.82. The van der Waals surface area contributed by atoms with Gasteiger partial charge in [0.05, 0.1) is 21.4 Å². The van der Waals surface area contributed by atoms with Gasteiger partial charge in [0.2, 0.25) is 0 Å². The number of guanidine groups is 1. The van der Waals surface area contributed by atoms with Crippen molar-refractivity contribution in [1.82, 2.24) is 20.6 Å². The molecule has 0 saturated heterocycles. The van der Waals surface area contributed by atoms with Gasteiger partial charge in [-0.15, -0.1) is 22.7 Å². The fourth-order valence-corrected chi connectivity index (χ4v) is 3.58. The standard InChI is InChI=1S/C16H25N5S2/c1-11(2)15-21-14(10-23-15)6-8-19-16(17-4)18-7-5-13-9-22-12(3)20-13/h9-11H,5-8H2,1-4H3,(H2,17,18,19). The molecule has 126 valence electrons. The van der Waals surface area contributed by atoms with Crippen LogP contribution in [-0.2, 0) is 12.8 Å². The monoisotopic (exact) mass is 351 g/mol. The van der Waals surface area contributed by atoms with Crippen LogP contribution in [0.25, 0.3) is 0 Å². The number of aryl methyl sites for hydroxylation is 1. The van der Waals surface area contributed by atoms with Crippen molar-refractivity contribution in [3.05, 3.63) is 32.2 Å². The molecule has 0 atom stereocenters. The smallest absolute Gasteiger partial charge is 0.191 e. The minimum Gasteiger partial charge on any atom is -0.356 e. The molecule has 5 nitrogen and oxygen atoms in total. The minimum atomic E-state index is 0.505. The highest BCUT2D eigenvalue weighted by Gasteiger charge is 2.06. The van der Waals surface area contributed by atoms with E-state index in [2.05, 4.69) is 50.2 Å². The third-order valence-corrected chi connectivity index (χ3v) is 5.32. The highest BCUT2D eigenvalue weighted by atomic mass is 32.1. The quantitative estimate of drug-likeness (QED) is 0.595. The van der Waals surface area contributed by atoms with Gasteiger partial charge in [0.25, 0.3) is 0 Å². The van der Waals surface area contributed by atoms with Gasteiger partial charge in [-0.05, 0) is 6.92 Å². The van der Waals surface area contributed by atoms with E-state index in [1.165, 1.54) is 5.01 Å². The van der Waals surface area contributed by atoms with Gasteiger partial charge in [0.15, 0.2) is 5.96 Å². The molecule has 23 heavy (non-hydrogen) atoms. The topological polar surface area (TPSA) is 62.2 Å². The summed E-state index contributed by atoms with van der Waals surface area (Å²) in [4.78, 5) is 13.4. The van der Waals surface area contributed by atoms with E-state index in [4.69, 9.17) is 0 Å². The molecule has 0 aliphatic rings. The van der Waals surface area contributed by atoms with Crippen LogP contribution >= 0.6 is 22.7 Å². The molecule has 2 heterocycles. The van der Waals surface area contributed by atoms with Crippen molar-refractivity contribution < 1.29 is 0 Å². The lowest BCUT2D eigenvalue weighted by Gasteiger charge is -2.10. The predicted molar refractivity (Wildman–Crippen MR) is 99.8 cm³/mol. The molecule has 7 heteroatoms. The van der Waals surface area contributed by atoms with Crippen LogP contribution in [0.15, 0.2) is 15.8 Å². The minimum absolute atomic E-state index is 0.505. The molecule has 0 spiro atoms. The van der Waals surface area contributed by atoms with E-state index >= 15 is 0 Å². The molecule has 2 rings (SSSR count). The first-order valence-electron chi connectivity index (χ1n) is 7.88. The van der Waals surface area contributed by atoms with Crippen molar-refractivity contribution in [3.63, 3.8) is 0 Å². The fraction of sp³-hybridized carbons (Fsp3) is 0.562. The van der Waals surface area contributed by atoms with Gasteiger partial charge in [-0.3, -0.25) is 4.99 Å². The van der Waals surface area contributed by atoms with Crippen LogP contribution in [0.2, 0.25) is 0 Å². The molecular weight excluding hydrogens is 326 g/mol. The van der Waals surface area contributed by atoms with Crippen molar-refractivity contribution in [2.24, 2.45) is 4.99 Å². The van der Waals surface area contributed by atoms with Crippen LogP contribution in [0.3, 0.4) is 0 Å². The van der Waals surface area contributed by atoms with Gasteiger partial charge in [-0.1, -0.05) is 13.8 Å². The van der Waals surface area contributed by atoms with Gasteiger partial charge < -0.3 is 10.6 Å². The molecule has 0 saturated carbocycles. The number of nitrogens with zero attached hydrogens (tertiary/aromatic N) is 3. The van der Waals surface area contributed by atoms with Crippen LogP contribution in [0, 0.1) is 6.92 Å². The zero-order valence-electron chi connectivity index (χ0n) is 14.2. The first-order chi connectivity index (χ1) is 11.1. The molecule has 2 aromatic heterocycles. The Balaban J connectivity index is 1.68. The molecule has 0 aliphatic carbocycles. The summed E-state index contributed by atoms with van der Waals surface area (Å²) in [6.45, 7) is 8.05. The second-order valence-electron chi connectivity index (χ2n) is 5.62. The Morgan fingerprint density at radius 2 is 1.70 bits per heavy atom. The van der Waals surface area contributed by atoms with Crippen molar-refractivity contribution in [3.8, 4) is 0 Å². The molecule has 2 N–H and O–H groups in total. The largest absolute Gasteiger partial charge is 0.356 e.